The van der Waals surface area contributed by atoms with Gasteiger partial charge in [-0.2, -0.15) is 0 Å². The highest BCUT2D eigenvalue weighted by Crippen LogP contribution is 2.28. The van der Waals surface area contributed by atoms with E-state index >= 15 is 0 Å². The molecule has 112 valence electrons. The van der Waals surface area contributed by atoms with Gasteiger partial charge >= 0.3 is 0 Å². The fraction of sp³-hybridized carbons (Fsp3) is 0.438. The number of anilines is 2. The highest BCUT2D eigenvalue weighted by atomic mass is 15.1. The number of pyridine rings is 1. The van der Waals surface area contributed by atoms with Crippen molar-refractivity contribution in [3.8, 4) is 0 Å². The molecule has 2 N–H and O–H groups in total. The molecule has 21 heavy (non-hydrogen) atoms. The van der Waals surface area contributed by atoms with Crippen molar-refractivity contribution in [1.82, 2.24) is 15.0 Å². The molecule has 0 aliphatic rings. The van der Waals surface area contributed by atoms with Crippen LogP contribution in [0.25, 0.3) is 0 Å². The molecule has 2 heterocycles. The van der Waals surface area contributed by atoms with Crippen molar-refractivity contribution in [2.45, 2.75) is 40.2 Å². The number of nitrogens with one attached hydrogen (secondary N) is 2. The zero-order chi connectivity index (χ0) is 15.2. The minimum atomic E-state index is 0.341. The van der Waals surface area contributed by atoms with Crippen molar-refractivity contribution < 1.29 is 0 Å². The van der Waals surface area contributed by atoms with Crippen molar-refractivity contribution in [3.63, 3.8) is 0 Å². The van der Waals surface area contributed by atoms with E-state index in [1.54, 1.807) is 6.33 Å². The van der Waals surface area contributed by atoms with Gasteiger partial charge in [-0.1, -0.05) is 19.9 Å². The summed E-state index contributed by atoms with van der Waals surface area (Å²) < 4.78 is 0. The molecule has 0 aliphatic carbocycles. The summed E-state index contributed by atoms with van der Waals surface area (Å²) >= 11 is 0. The van der Waals surface area contributed by atoms with Gasteiger partial charge in [-0.25, -0.2) is 9.97 Å². The molecule has 2 rings (SSSR count). The Morgan fingerprint density at radius 3 is 2.43 bits per heavy atom. The summed E-state index contributed by atoms with van der Waals surface area (Å²) in [5.74, 6) is 2.12. The van der Waals surface area contributed by atoms with Crippen molar-refractivity contribution in [2.75, 3.05) is 17.2 Å². The first-order valence-corrected chi connectivity index (χ1v) is 7.37. The Hall–Kier alpha value is -2.17. The Bertz CT molecular complexity index is 595. The van der Waals surface area contributed by atoms with Crippen LogP contribution in [0.2, 0.25) is 0 Å². The fourth-order valence-electron chi connectivity index (χ4n) is 2.26. The van der Waals surface area contributed by atoms with Crippen LogP contribution in [0.1, 0.15) is 43.6 Å². The number of aryl methyl sites for hydroxylation is 1. The topological polar surface area (TPSA) is 62.7 Å². The van der Waals surface area contributed by atoms with Crippen LogP contribution in [0.4, 0.5) is 11.6 Å². The van der Waals surface area contributed by atoms with Gasteiger partial charge in [0, 0.05) is 17.8 Å². The predicted molar refractivity (Wildman–Crippen MR) is 86.6 cm³/mol. The number of nitrogens with zero attached hydrogens (tertiary/aromatic N) is 3. The van der Waals surface area contributed by atoms with Crippen LogP contribution in [0.15, 0.2) is 24.5 Å². The van der Waals surface area contributed by atoms with Gasteiger partial charge in [-0.05, 0) is 31.9 Å². The van der Waals surface area contributed by atoms with Crippen LogP contribution in [0.3, 0.4) is 0 Å². The summed E-state index contributed by atoms with van der Waals surface area (Å²) in [6.45, 7) is 9.86. The minimum Gasteiger partial charge on any atom is -0.370 e. The normalized spacial score (nSPS) is 10.7. The maximum absolute atomic E-state index is 4.50. The lowest BCUT2D eigenvalue weighted by molar-refractivity contribution is 0.842. The Kier molecular flexibility index (Phi) is 5.09. The molecule has 5 nitrogen and oxygen atoms in total. The maximum Gasteiger partial charge on any atom is 0.135 e. The highest BCUT2D eigenvalue weighted by Gasteiger charge is 2.14. The molecule has 0 aliphatic heterocycles. The first kappa shape index (κ1) is 15.2. The zero-order valence-electron chi connectivity index (χ0n) is 13.1. The molecule has 0 fully saturated rings. The van der Waals surface area contributed by atoms with Gasteiger partial charge in [-0.3, -0.25) is 4.98 Å². The average Bonchev–Trinajstić information content (AvgIpc) is 2.45. The van der Waals surface area contributed by atoms with E-state index in [1.807, 2.05) is 25.1 Å². The average molecular weight is 285 g/mol. The number of aromatic nitrogens is 3. The molecule has 5 heteroatoms. The molecule has 0 amide bonds. The lowest BCUT2D eigenvalue weighted by atomic mass is 10.0. The standard InChI is InChI=1S/C16H23N5/c1-5-17-15-14(11(2)3)16(20-10-19-15)18-9-13-8-6-7-12(4)21-13/h6-8,10-11H,5,9H2,1-4H3,(H2,17,18,19,20). The third kappa shape index (κ3) is 3.90. The second-order valence-electron chi connectivity index (χ2n) is 5.29. The van der Waals surface area contributed by atoms with Crippen LogP contribution in [-0.2, 0) is 6.54 Å². The predicted octanol–water partition coefficient (Wildman–Crippen LogP) is 3.35. The van der Waals surface area contributed by atoms with Crippen LogP contribution in [-0.4, -0.2) is 21.5 Å². The molecule has 2 aromatic rings. The van der Waals surface area contributed by atoms with E-state index in [9.17, 15) is 0 Å². The molecule has 2 aromatic heterocycles. The van der Waals surface area contributed by atoms with Crippen molar-refractivity contribution in [1.29, 1.82) is 0 Å². The van der Waals surface area contributed by atoms with Crippen LogP contribution >= 0.6 is 0 Å². The largest absolute Gasteiger partial charge is 0.370 e. The first-order valence-electron chi connectivity index (χ1n) is 7.37. The second-order valence-corrected chi connectivity index (χ2v) is 5.29. The van der Waals surface area contributed by atoms with Crippen molar-refractivity contribution in [2.24, 2.45) is 0 Å². The maximum atomic E-state index is 4.50. The minimum absolute atomic E-state index is 0.341. The zero-order valence-corrected chi connectivity index (χ0v) is 13.1. The van der Waals surface area contributed by atoms with E-state index in [0.29, 0.717) is 12.5 Å². The van der Waals surface area contributed by atoms with Gasteiger partial charge in [-0.15, -0.1) is 0 Å². The molecule has 0 saturated heterocycles. The summed E-state index contributed by atoms with van der Waals surface area (Å²) in [5, 5.41) is 6.68. The van der Waals surface area contributed by atoms with E-state index in [-0.39, 0.29) is 0 Å². The quantitative estimate of drug-likeness (QED) is 0.852. The van der Waals surface area contributed by atoms with Gasteiger partial charge in [0.25, 0.3) is 0 Å². The molecular formula is C16H23N5. The summed E-state index contributed by atoms with van der Waals surface area (Å²) in [5.41, 5.74) is 3.15. The Balaban J connectivity index is 2.21. The summed E-state index contributed by atoms with van der Waals surface area (Å²) in [6.07, 6.45) is 1.59. The van der Waals surface area contributed by atoms with E-state index in [0.717, 1.165) is 35.1 Å². The third-order valence-corrected chi connectivity index (χ3v) is 3.19. The summed E-state index contributed by atoms with van der Waals surface area (Å²) in [4.78, 5) is 13.2. The monoisotopic (exact) mass is 285 g/mol. The third-order valence-electron chi connectivity index (χ3n) is 3.19. The Morgan fingerprint density at radius 2 is 1.81 bits per heavy atom. The molecule has 0 bridgehead atoms. The molecular weight excluding hydrogens is 262 g/mol. The van der Waals surface area contributed by atoms with Crippen molar-refractivity contribution in [3.05, 3.63) is 41.5 Å². The molecule has 0 saturated carbocycles. The lowest BCUT2D eigenvalue weighted by Gasteiger charge is -2.17. The van der Waals surface area contributed by atoms with Crippen molar-refractivity contribution >= 4 is 11.6 Å². The van der Waals surface area contributed by atoms with E-state index in [1.165, 1.54) is 0 Å². The molecule has 0 radical (unpaired) electrons. The van der Waals surface area contributed by atoms with Gasteiger partial charge in [0.15, 0.2) is 0 Å². The van der Waals surface area contributed by atoms with E-state index < -0.39 is 0 Å². The number of hydrogen-bond donors (Lipinski definition) is 2. The SMILES string of the molecule is CCNc1ncnc(NCc2cccc(C)n2)c1C(C)C. The van der Waals surface area contributed by atoms with Gasteiger partial charge < -0.3 is 10.6 Å². The second kappa shape index (κ2) is 7.02. The van der Waals surface area contributed by atoms with E-state index in [2.05, 4.69) is 46.4 Å². The smallest absolute Gasteiger partial charge is 0.135 e. The Labute approximate surface area is 126 Å². The van der Waals surface area contributed by atoms with Crippen LogP contribution < -0.4 is 10.6 Å². The highest BCUT2D eigenvalue weighted by molar-refractivity contribution is 5.59. The van der Waals surface area contributed by atoms with Crippen LogP contribution in [0.5, 0.6) is 0 Å². The lowest BCUT2D eigenvalue weighted by Crippen LogP contribution is -2.11. The first-order chi connectivity index (χ1) is 10.1. The molecule has 0 aromatic carbocycles. The number of hydrogen-bond acceptors (Lipinski definition) is 5. The Morgan fingerprint density at radius 1 is 1.10 bits per heavy atom. The summed E-state index contributed by atoms with van der Waals surface area (Å²) in [7, 11) is 0. The van der Waals surface area contributed by atoms with Gasteiger partial charge in [0.1, 0.15) is 18.0 Å². The summed E-state index contributed by atoms with van der Waals surface area (Å²) in [6, 6.07) is 6.03. The molecule has 0 spiro atoms. The molecule has 0 unspecified atom stereocenters. The van der Waals surface area contributed by atoms with Gasteiger partial charge in [0.2, 0.25) is 0 Å². The van der Waals surface area contributed by atoms with E-state index in [4.69, 9.17) is 0 Å². The molecule has 0 atom stereocenters. The van der Waals surface area contributed by atoms with Gasteiger partial charge in [0.05, 0.1) is 12.2 Å². The fourth-order valence-corrected chi connectivity index (χ4v) is 2.26. The van der Waals surface area contributed by atoms with Crippen LogP contribution in [0, 0.1) is 6.92 Å². The number of rotatable bonds is 6.